The van der Waals surface area contributed by atoms with Crippen molar-refractivity contribution in [1.82, 2.24) is 14.7 Å². The lowest BCUT2D eigenvalue weighted by molar-refractivity contribution is -0.116. The van der Waals surface area contributed by atoms with Crippen molar-refractivity contribution >= 4 is 17.6 Å². The molecular weight excluding hydrogens is 320 g/mol. The molecule has 0 spiro atoms. The summed E-state index contributed by atoms with van der Waals surface area (Å²) in [5.74, 6) is 0.288. The number of carbonyl (C=O) groups is 2. The van der Waals surface area contributed by atoms with E-state index in [4.69, 9.17) is 4.74 Å². The highest BCUT2D eigenvalue weighted by Gasteiger charge is 2.22. The summed E-state index contributed by atoms with van der Waals surface area (Å²) in [4.78, 5) is 26.3. The third-order valence-corrected chi connectivity index (χ3v) is 4.15. The molecule has 0 saturated carbocycles. The number of hydrogen-bond acceptors (Lipinski definition) is 4. The van der Waals surface area contributed by atoms with Crippen LogP contribution in [0.5, 0.6) is 0 Å². The Labute approximate surface area is 146 Å². The Morgan fingerprint density at radius 1 is 1.20 bits per heavy atom. The molecule has 0 atom stereocenters. The first kappa shape index (κ1) is 17.2. The van der Waals surface area contributed by atoms with Crippen LogP contribution in [-0.4, -0.2) is 52.8 Å². The number of carbonyl (C=O) groups excluding carboxylic acids is 2. The maximum Gasteiger partial charge on any atom is 0.274 e. The number of aromatic nitrogens is 2. The SMILES string of the molecule is Cn1nc(C(=O)N2CCOCC2)cc1NC(=O)CCc1ccccc1. The Balaban J connectivity index is 1.58. The predicted molar refractivity (Wildman–Crippen MR) is 93.3 cm³/mol. The first-order chi connectivity index (χ1) is 12.1. The summed E-state index contributed by atoms with van der Waals surface area (Å²) >= 11 is 0. The van der Waals surface area contributed by atoms with Crippen LogP contribution < -0.4 is 5.32 Å². The second-order valence-electron chi connectivity index (χ2n) is 5.98. The quantitative estimate of drug-likeness (QED) is 0.893. The second-order valence-corrected chi connectivity index (χ2v) is 5.98. The molecule has 1 aromatic carbocycles. The smallest absolute Gasteiger partial charge is 0.274 e. The van der Waals surface area contributed by atoms with Crippen LogP contribution in [0.1, 0.15) is 22.5 Å². The number of amides is 2. The van der Waals surface area contributed by atoms with Crippen molar-refractivity contribution in [2.45, 2.75) is 12.8 Å². The third kappa shape index (κ3) is 4.45. The van der Waals surface area contributed by atoms with E-state index in [-0.39, 0.29) is 11.8 Å². The van der Waals surface area contributed by atoms with Crippen LogP contribution in [0.4, 0.5) is 5.82 Å². The molecule has 0 unspecified atom stereocenters. The lowest BCUT2D eigenvalue weighted by atomic mass is 10.1. The van der Waals surface area contributed by atoms with Crippen molar-refractivity contribution in [3.05, 3.63) is 47.7 Å². The van der Waals surface area contributed by atoms with E-state index in [9.17, 15) is 9.59 Å². The number of hydrogen-bond donors (Lipinski definition) is 1. The topological polar surface area (TPSA) is 76.5 Å². The number of rotatable bonds is 5. The van der Waals surface area contributed by atoms with Crippen LogP contribution >= 0.6 is 0 Å². The summed E-state index contributed by atoms with van der Waals surface area (Å²) in [6.07, 6.45) is 1.05. The summed E-state index contributed by atoms with van der Waals surface area (Å²) in [6, 6.07) is 11.5. The zero-order chi connectivity index (χ0) is 17.6. The molecule has 7 heteroatoms. The fourth-order valence-corrected chi connectivity index (χ4v) is 2.73. The van der Waals surface area contributed by atoms with Gasteiger partial charge in [0, 0.05) is 32.6 Å². The molecule has 1 N–H and O–H groups in total. The average molecular weight is 342 g/mol. The van der Waals surface area contributed by atoms with Gasteiger partial charge < -0.3 is 15.0 Å². The number of anilines is 1. The van der Waals surface area contributed by atoms with Crippen molar-refractivity contribution in [3.63, 3.8) is 0 Å². The maximum absolute atomic E-state index is 12.4. The van der Waals surface area contributed by atoms with E-state index >= 15 is 0 Å². The van der Waals surface area contributed by atoms with E-state index in [2.05, 4.69) is 10.4 Å². The molecule has 2 aromatic rings. The Bertz CT molecular complexity index is 736. The summed E-state index contributed by atoms with van der Waals surface area (Å²) < 4.78 is 6.78. The summed E-state index contributed by atoms with van der Waals surface area (Å²) in [5, 5.41) is 7.05. The zero-order valence-electron chi connectivity index (χ0n) is 14.3. The molecule has 0 radical (unpaired) electrons. The number of ether oxygens (including phenoxy) is 1. The van der Waals surface area contributed by atoms with Gasteiger partial charge in [0.1, 0.15) is 5.82 Å². The molecule has 0 aliphatic carbocycles. The number of nitrogens with one attached hydrogen (secondary N) is 1. The first-order valence-electron chi connectivity index (χ1n) is 8.38. The molecule has 1 fully saturated rings. The highest BCUT2D eigenvalue weighted by atomic mass is 16.5. The van der Waals surface area contributed by atoms with Crippen molar-refractivity contribution in [2.24, 2.45) is 7.05 Å². The van der Waals surface area contributed by atoms with Gasteiger partial charge in [0.25, 0.3) is 5.91 Å². The molecule has 7 nitrogen and oxygen atoms in total. The molecular formula is C18H22N4O3. The molecule has 0 bridgehead atoms. The van der Waals surface area contributed by atoms with Gasteiger partial charge in [0.15, 0.2) is 5.69 Å². The second kappa shape index (κ2) is 7.94. The summed E-state index contributed by atoms with van der Waals surface area (Å²) in [5.41, 5.74) is 1.45. The minimum atomic E-state index is -0.135. The van der Waals surface area contributed by atoms with Gasteiger partial charge in [-0.2, -0.15) is 5.10 Å². The van der Waals surface area contributed by atoms with Gasteiger partial charge in [-0.05, 0) is 12.0 Å². The molecule has 132 valence electrons. The summed E-state index contributed by atoms with van der Waals surface area (Å²) in [7, 11) is 1.71. The van der Waals surface area contributed by atoms with Gasteiger partial charge in [-0.1, -0.05) is 30.3 Å². The normalized spacial score (nSPS) is 14.4. The van der Waals surface area contributed by atoms with Crippen molar-refractivity contribution in [2.75, 3.05) is 31.6 Å². The van der Waals surface area contributed by atoms with Crippen LogP contribution in [0.2, 0.25) is 0 Å². The van der Waals surface area contributed by atoms with Gasteiger partial charge >= 0.3 is 0 Å². The average Bonchev–Trinajstić information content (AvgIpc) is 3.01. The van der Waals surface area contributed by atoms with Crippen molar-refractivity contribution in [3.8, 4) is 0 Å². The highest BCUT2D eigenvalue weighted by Crippen LogP contribution is 2.13. The fraction of sp³-hybridized carbons (Fsp3) is 0.389. The van der Waals surface area contributed by atoms with Gasteiger partial charge in [-0.25, -0.2) is 0 Å². The Kier molecular flexibility index (Phi) is 5.45. The standard InChI is InChI=1S/C18H22N4O3/c1-21-16(19-17(23)8-7-14-5-3-2-4-6-14)13-15(20-21)18(24)22-9-11-25-12-10-22/h2-6,13H,7-12H2,1H3,(H,19,23). The molecule has 3 rings (SSSR count). The van der Waals surface area contributed by atoms with Crippen LogP contribution in [0.3, 0.4) is 0 Å². The predicted octanol–water partition coefficient (Wildman–Crippen LogP) is 1.46. The van der Waals surface area contributed by atoms with Gasteiger partial charge in [-0.15, -0.1) is 0 Å². The largest absolute Gasteiger partial charge is 0.378 e. The molecule has 1 saturated heterocycles. The minimum Gasteiger partial charge on any atom is -0.378 e. The van der Waals surface area contributed by atoms with Crippen LogP contribution in [0, 0.1) is 0 Å². The van der Waals surface area contributed by atoms with E-state index in [0.717, 1.165) is 5.56 Å². The molecule has 2 amide bonds. The lowest BCUT2D eigenvalue weighted by Gasteiger charge is -2.25. The van der Waals surface area contributed by atoms with E-state index in [1.165, 1.54) is 4.68 Å². The van der Waals surface area contributed by atoms with Crippen molar-refractivity contribution < 1.29 is 14.3 Å². The maximum atomic E-state index is 12.4. The van der Waals surface area contributed by atoms with Crippen LogP contribution in [0.15, 0.2) is 36.4 Å². The molecule has 2 heterocycles. The van der Waals surface area contributed by atoms with E-state index in [0.29, 0.717) is 50.7 Å². The van der Waals surface area contributed by atoms with Crippen LogP contribution in [-0.2, 0) is 23.0 Å². The molecule has 1 aliphatic rings. The number of nitrogens with zero attached hydrogens (tertiary/aromatic N) is 3. The number of benzene rings is 1. The number of morpholine rings is 1. The zero-order valence-corrected chi connectivity index (χ0v) is 14.3. The van der Waals surface area contributed by atoms with Gasteiger partial charge in [0.2, 0.25) is 5.91 Å². The van der Waals surface area contributed by atoms with Crippen LogP contribution in [0.25, 0.3) is 0 Å². The summed E-state index contributed by atoms with van der Waals surface area (Å²) in [6.45, 7) is 2.21. The first-order valence-corrected chi connectivity index (χ1v) is 8.38. The number of aryl methyl sites for hydroxylation is 2. The minimum absolute atomic E-state index is 0.0998. The highest BCUT2D eigenvalue weighted by molar-refractivity contribution is 5.95. The van der Waals surface area contributed by atoms with Crippen molar-refractivity contribution in [1.29, 1.82) is 0 Å². The van der Waals surface area contributed by atoms with E-state index in [1.54, 1.807) is 18.0 Å². The Morgan fingerprint density at radius 2 is 1.92 bits per heavy atom. The molecule has 1 aliphatic heterocycles. The molecule has 1 aromatic heterocycles. The fourth-order valence-electron chi connectivity index (χ4n) is 2.73. The third-order valence-electron chi connectivity index (χ3n) is 4.15. The van der Waals surface area contributed by atoms with Gasteiger partial charge in [-0.3, -0.25) is 14.3 Å². The van der Waals surface area contributed by atoms with E-state index in [1.807, 2.05) is 30.3 Å². The van der Waals surface area contributed by atoms with Gasteiger partial charge in [0.05, 0.1) is 13.2 Å². The van der Waals surface area contributed by atoms with E-state index < -0.39 is 0 Å². The monoisotopic (exact) mass is 342 g/mol. The molecule has 25 heavy (non-hydrogen) atoms. The lowest BCUT2D eigenvalue weighted by Crippen LogP contribution is -2.40. The Hall–Kier alpha value is -2.67. The Morgan fingerprint density at radius 3 is 2.64 bits per heavy atom.